The zero-order valence-corrected chi connectivity index (χ0v) is 10.3. The second-order valence-corrected chi connectivity index (χ2v) is 3.95. The molecule has 98 valence electrons. The number of aliphatic carboxylic acids is 1. The Morgan fingerprint density at radius 2 is 1.65 bits per heavy atom. The Balaban J connectivity index is 3.74. The summed E-state index contributed by atoms with van der Waals surface area (Å²) in [6.07, 6.45) is 1.94. The van der Waals surface area contributed by atoms with Gasteiger partial charge in [0.2, 0.25) is 11.8 Å². The molecule has 0 aliphatic carbocycles. The van der Waals surface area contributed by atoms with E-state index in [1.807, 2.05) is 0 Å². The lowest BCUT2D eigenvalue weighted by atomic mass is 10.0. The van der Waals surface area contributed by atoms with Gasteiger partial charge in [0.05, 0.1) is 5.92 Å². The second kappa shape index (κ2) is 8.55. The van der Waals surface area contributed by atoms with Crippen molar-refractivity contribution in [3.05, 3.63) is 0 Å². The monoisotopic (exact) mass is 244 g/mol. The van der Waals surface area contributed by atoms with E-state index in [1.165, 1.54) is 13.8 Å². The van der Waals surface area contributed by atoms with Crippen LogP contribution in [0.25, 0.3) is 0 Å². The van der Waals surface area contributed by atoms with Crippen LogP contribution in [0.2, 0.25) is 0 Å². The first-order valence-electron chi connectivity index (χ1n) is 5.65. The summed E-state index contributed by atoms with van der Waals surface area (Å²) in [4.78, 5) is 32.1. The molecule has 0 aromatic carbocycles. The summed E-state index contributed by atoms with van der Waals surface area (Å²) < 4.78 is 0. The molecular formula is C11H20N2O4. The van der Waals surface area contributed by atoms with Gasteiger partial charge in [-0.3, -0.25) is 14.4 Å². The standard InChI is InChI=1S/C11H20N2O4/c1-8(14)12-6-4-3-5-10(11(16)17)7-13-9(2)15/h10H,3-7H2,1-2H3,(H,12,14)(H,13,15)(H,16,17)/t10-/m1/s1. The van der Waals surface area contributed by atoms with Crippen LogP contribution in [0.15, 0.2) is 0 Å². The van der Waals surface area contributed by atoms with Gasteiger partial charge >= 0.3 is 5.97 Å². The first kappa shape index (κ1) is 15.4. The fourth-order valence-corrected chi connectivity index (χ4v) is 1.36. The molecule has 0 saturated heterocycles. The summed E-state index contributed by atoms with van der Waals surface area (Å²) in [6.45, 7) is 3.51. The zero-order chi connectivity index (χ0) is 13.3. The van der Waals surface area contributed by atoms with Crippen LogP contribution in [0.5, 0.6) is 0 Å². The third-order valence-electron chi connectivity index (χ3n) is 2.30. The molecule has 0 rings (SSSR count). The number of hydrogen-bond donors (Lipinski definition) is 3. The molecule has 0 heterocycles. The Bertz CT molecular complexity index is 279. The minimum Gasteiger partial charge on any atom is -0.481 e. The topological polar surface area (TPSA) is 95.5 Å². The number of amides is 2. The smallest absolute Gasteiger partial charge is 0.308 e. The molecule has 0 aliphatic rings. The van der Waals surface area contributed by atoms with E-state index in [0.717, 1.165) is 6.42 Å². The van der Waals surface area contributed by atoms with Crippen molar-refractivity contribution in [2.75, 3.05) is 13.1 Å². The summed E-state index contributed by atoms with van der Waals surface area (Å²) in [6, 6.07) is 0. The number of hydrogen-bond acceptors (Lipinski definition) is 3. The predicted octanol–water partition coefficient (Wildman–Crippen LogP) is 0.130. The number of carbonyl (C=O) groups excluding carboxylic acids is 2. The van der Waals surface area contributed by atoms with Crippen LogP contribution in [0.1, 0.15) is 33.1 Å². The maximum Gasteiger partial charge on any atom is 0.308 e. The van der Waals surface area contributed by atoms with E-state index >= 15 is 0 Å². The van der Waals surface area contributed by atoms with E-state index in [-0.39, 0.29) is 18.4 Å². The van der Waals surface area contributed by atoms with Gasteiger partial charge in [0.25, 0.3) is 0 Å². The third kappa shape index (κ3) is 9.35. The number of carbonyl (C=O) groups is 3. The Morgan fingerprint density at radius 1 is 1.06 bits per heavy atom. The number of carboxylic acids is 1. The van der Waals surface area contributed by atoms with Gasteiger partial charge < -0.3 is 15.7 Å². The fraction of sp³-hybridized carbons (Fsp3) is 0.727. The van der Waals surface area contributed by atoms with E-state index < -0.39 is 11.9 Å². The van der Waals surface area contributed by atoms with Crippen LogP contribution in [0, 0.1) is 5.92 Å². The summed E-state index contributed by atoms with van der Waals surface area (Å²) in [5.74, 6) is -1.78. The Kier molecular flexibility index (Phi) is 7.75. The SMILES string of the molecule is CC(=O)NCCCC[C@H](CNC(C)=O)C(=O)O. The fourth-order valence-electron chi connectivity index (χ4n) is 1.36. The summed E-state index contributed by atoms with van der Waals surface area (Å²) in [5.41, 5.74) is 0. The lowest BCUT2D eigenvalue weighted by molar-refractivity contribution is -0.142. The minimum absolute atomic E-state index is 0.0852. The molecule has 0 unspecified atom stereocenters. The van der Waals surface area contributed by atoms with Gasteiger partial charge in [-0.2, -0.15) is 0 Å². The molecular weight excluding hydrogens is 224 g/mol. The Morgan fingerprint density at radius 3 is 2.12 bits per heavy atom. The quantitative estimate of drug-likeness (QED) is 0.529. The number of rotatable bonds is 8. The van der Waals surface area contributed by atoms with Crippen molar-refractivity contribution in [3.8, 4) is 0 Å². The van der Waals surface area contributed by atoms with E-state index in [0.29, 0.717) is 19.4 Å². The van der Waals surface area contributed by atoms with Crippen molar-refractivity contribution in [2.24, 2.45) is 5.92 Å². The molecule has 0 radical (unpaired) electrons. The largest absolute Gasteiger partial charge is 0.481 e. The van der Waals surface area contributed by atoms with Crippen molar-refractivity contribution in [3.63, 3.8) is 0 Å². The van der Waals surface area contributed by atoms with Crippen LogP contribution in [-0.4, -0.2) is 36.0 Å². The van der Waals surface area contributed by atoms with Crippen LogP contribution in [-0.2, 0) is 14.4 Å². The zero-order valence-electron chi connectivity index (χ0n) is 10.3. The van der Waals surface area contributed by atoms with Crippen LogP contribution in [0.3, 0.4) is 0 Å². The van der Waals surface area contributed by atoms with E-state index in [9.17, 15) is 14.4 Å². The van der Waals surface area contributed by atoms with E-state index in [4.69, 9.17) is 5.11 Å². The lowest BCUT2D eigenvalue weighted by Crippen LogP contribution is -2.31. The molecule has 17 heavy (non-hydrogen) atoms. The first-order valence-corrected chi connectivity index (χ1v) is 5.65. The van der Waals surface area contributed by atoms with Crippen molar-refractivity contribution >= 4 is 17.8 Å². The summed E-state index contributed by atoms with van der Waals surface area (Å²) >= 11 is 0. The normalized spacial score (nSPS) is 11.6. The highest BCUT2D eigenvalue weighted by Gasteiger charge is 2.16. The molecule has 0 aromatic heterocycles. The molecule has 3 N–H and O–H groups in total. The molecule has 0 aromatic rings. The maximum absolute atomic E-state index is 10.9. The molecule has 0 bridgehead atoms. The van der Waals surface area contributed by atoms with E-state index in [2.05, 4.69) is 10.6 Å². The van der Waals surface area contributed by atoms with Crippen LogP contribution < -0.4 is 10.6 Å². The van der Waals surface area contributed by atoms with Gasteiger partial charge in [0.15, 0.2) is 0 Å². The molecule has 6 nitrogen and oxygen atoms in total. The number of nitrogens with one attached hydrogen (secondary N) is 2. The Hall–Kier alpha value is -1.59. The number of carboxylic acid groups (broad SMARTS) is 1. The van der Waals surface area contributed by atoms with Gasteiger partial charge in [-0.05, 0) is 12.8 Å². The molecule has 0 spiro atoms. The molecule has 0 aliphatic heterocycles. The molecule has 0 fully saturated rings. The molecule has 6 heteroatoms. The average molecular weight is 244 g/mol. The predicted molar refractivity (Wildman–Crippen MR) is 62.3 cm³/mol. The van der Waals surface area contributed by atoms with Gasteiger partial charge in [0.1, 0.15) is 0 Å². The van der Waals surface area contributed by atoms with Crippen molar-refractivity contribution in [2.45, 2.75) is 33.1 Å². The highest BCUT2D eigenvalue weighted by atomic mass is 16.4. The summed E-state index contributed by atoms with van der Waals surface area (Å²) in [7, 11) is 0. The van der Waals surface area contributed by atoms with Crippen molar-refractivity contribution < 1.29 is 19.5 Å². The average Bonchev–Trinajstić information content (AvgIpc) is 2.20. The first-order chi connectivity index (χ1) is 7.93. The van der Waals surface area contributed by atoms with Gasteiger partial charge in [-0.15, -0.1) is 0 Å². The van der Waals surface area contributed by atoms with Gasteiger partial charge in [-0.1, -0.05) is 6.42 Å². The van der Waals surface area contributed by atoms with Crippen molar-refractivity contribution in [1.82, 2.24) is 10.6 Å². The highest BCUT2D eigenvalue weighted by Crippen LogP contribution is 2.07. The molecule has 2 amide bonds. The second-order valence-electron chi connectivity index (χ2n) is 3.95. The van der Waals surface area contributed by atoms with Crippen LogP contribution in [0.4, 0.5) is 0 Å². The van der Waals surface area contributed by atoms with Gasteiger partial charge in [-0.25, -0.2) is 0 Å². The number of unbranched alkanes of at least 4 members (excludes halogenated alkanes) is 1. The van der Waals surface area contributed by atoms with Gasteiger partial charge in [0, 0.05) is 26.9 Å². The third-order valence-corrected chi connectivity index (χ3v) is 2.30. The van der Waals surface area contributed by atoms with E-state index in [1.54, 1.807) is 0 Å². The Labute approximate surface area is 101 Å². The maximum atomic E-state index is 10.9. The van der Waals surface area contributed by atoms with Crippen LogP contribution >= 0.6 is 0 Å². The highest BCUT2D eigenvalue weighted by molar-refractivity contribution is 5.75. The lowest BCUT2D eigenvalue weighted by Gasteiger charge is -2.12. The van der Waals surface area contributed by atoms with Crippen molar-refractivity contribution in [1.29, 1.82) is 0 Å². The molecule has 0 saturated carbocycles. The molecule has 1 atom stereocenters. The minimum atomic E-state index is -0.904. The summed E-state index contributed by atoms with van der Waals surface area (Å²) in [5, 5.41) is 14.0.